The summed E-state index contributed by atoms with van der Waals surface area (Å²) >= 11 is 0. The Morgan fingerprint density at radius 2 is 1.46 bits per heavy atom. The van der Waals surface area contributed by atoms with Crippen LogP contribution in [0.1, 0.15) is 0 Å². The quantitative estimate of drug-likeness (QED) is 0.499. The minimum absolute atomic E-state index is 0.514. The summed E-state index contributed by atoms with van der Waals surface area (Å²) in [5.41, 5.74) is 0. The molecule has 0 aliphatic carbocycles. The Balaban J connectivity index is 0. The number of carbonyl (C=O) groups is 2. The lowest BCUT2D eigenvalue weighted by atomic mass is 10.5. The van der Waals surface area contributed by atoms with Gasteiger partial charge in [-0.25, -0.2) is 0 Å². The van der Waals surface area contributed by atoms with E-state index in [4.69, 9.17) is 5.26 Å². The third-order valence-corrected chi connectivity index (χ3v) is 0.708. The van der Waals surface area contributed by atoms with E-state index in [2.05, 4.69) is 19.7 Å². The number of nitriles is 1. The highest BCUT2D eigenvalue weighted by atomic mass is 16.2. The first-order valence-electron chi connectivity index (χ1n) is 3.22. The predicted molar refractivity (Wildman–Crippen MR) is 49.4 cm³/mol. The number of nitrogens with zero attached hydrogens (tertiary/aromatic N) is 1. The molecule has 0 fully saturated rings. The van der Waals surface area contributed by atoms with Gasteiger partial charge in [0.15, 0.2) is 0 Å². The predicted octanol–water partition coefficient (Wildman–Crippen LogP) is 0.697. The van der Waals surface area contributed by atoms with Crippen molar-refractivity contribution in [1.82, 2.24) is 5.32 Å². The molecule has 0 bridgehead atoms. The van der Waals surface area contributed by atoms with E-state index in [0.717, 1.165) is 12.2 Å². The van der Waals surface area contributed by atoms with Gasteiger partial charge in [0.1, 0.15) is 0 Å². The molecule has 0 spiro atoms. The van der Waals surface area contributed by atoms with Crippen LogP contribution in [-0.2, 0) is 9.59 Å². The fourth-order valence-corrected chi connectivity index (χ4v) is 0.223. The molecule has 0 radical (unpaired) electrons. The van der Waals surface area contributed by atoms with Crippen LogP contribution in [0.5, 0.6) is 0 Å². The number of carbonyl (C=O) groups excluding carboxylic acids is 2. The second-order valence-corrected chi connectivity index (χ2v) is 1.59. The van der Waals surface area contributed by atoms with Crippen LogP contribution >= 0.6 is 0 Å². The van der Waals surface area contributed by atoms with Gasteiger partial charge < -0.3 is 0 Å². The molecule has 0 saturated heterocycles. The Hall–Kier alpha value is -2.15. The van der Waals surface area contributed by atoms with Crippen molar-refractivity contribution >= 4 is 11.8 Å². The molecule has 2 amide bonds. The third kappa shape index (κ3) is 12.9. The first-order valence-corrected chi connectivity index (χ1v) is 3.22. The number of imide groups is 1. The van der Waals surface area contributed by atoms with Gasteiger partial charge in [-0.3, -0.25) is 14.9 Å². The molecule has 0 heterocycles. The van der Waals surface area contributed by atoms with Crippen molar-refractivity contribution < 1.29 is 9.59 Å². The average Bonchev–Trinajstić information content (AvgIpc) is 2.17. The molecule has 0 aromatic carbocycles. The van der Waals surface area contributed by atoms with E-state index >= 15 is 0 Å². The van der Waals surface area contributed by atoms with Crippen LogP contribution in [-0.4, -0.2) is 11.8 Å². The monoisotopic (exact) mass is 178 g/mol. The SMILES string of the molecule is C=CC#N.C=CC(=O)NC(=O)C=C. The van der Waals surface area contributed by atoms with Gasteiger partial charge in [0.05, 0.1) is 6.07 Å². The summed E-state index contributed by atoms with van der Waals surface area (Å²) in [5.74, 6) is -1.03. The molecule has 1 N–H and O–H groups in total. The first kappa shape index (κ1) is 13.4. The Bertz CT molecular complexity index is 243. The van der Waals surface area contributed by atoms with Crippen molar-refractivity contribution in [2.45, 2.75) is 0 Å². The maximum Gasteiger partial charge on any atom is 0.250 e. The molecule has 4 nitrogen and oxygen atoms in total. The second-order valence-electron chi connectivity index (χ2n) is 1.59. The zero-order chi connectivity index (χ0) is 10.7. The summed E-state index contributed by atoms with van der Waals surface area (Å²) in [6, 6.07) is 1.69. The molecular weight excluding hydrogens is 168 g/mol. The van der Waals surface area contributed by atoms with Crippen LogP contribution in [0.15, 0.2) is 38.0 Å². The van der Waals surface area contributed by atoms with Gasteiger partial charge in [0, 0.05) is 6.08 Å². The lowest BCUT2D eigenvalue weighted by molar-refractivity contribution is -0.125. The fraction of sp³-hybridized carbons (Fsp3) is 0. The van der Waals surface area contributed by atoms with Crippen LogP contribution in [0.3, 0.4) is 0 Å². The lowest BCUT2D eigenvalue weighted by Gasteiger charge is -1.91. The van der Waals surface area contributed by atoms with E-state index in [1.165, 1.54) is 6.08 Å². The highest BCUT2D eigenvalue weighted by molar-refractivity contribution is 6.04. The normalized spacial score (nSPS) is 6.38. The summed E-state index contributed by atoms with van der Waals surface area (Å²) in [6.45, 7) is 9.42. The number of hydrogen-bond acceptors (Lipinski definition) is 3. The Morgan fingerprint density at radius 3 is 1.62 bits per heavy atom. The highest BCUT2D eigenvalue weighted by Crippen LogP contribution is 1.68. The number of rotatable bonds is 2. The van der Waals surface area contributed by atoms with Crippen molar-refractivity contribution in [3.05, 3.63) is 38.0 Å². The molecule has 0 atom stereocenters. The summed E-state index contributed by atoms with van der Waals surface area (Å²) < 4.78 is 0. The van der Waals surface area contributed by atoms with Crippen LogP contribution < -0.4 is 5.32 Å². The Labute approximate surface area is 76.9 Å². The van der Waals surface area contributed by atoms with Gasteiger partial charge in [0.2, 0.25) is 11.8 Å². The van der Waals surface area contributed by atoms with Crippen molar-refractivity contribution in [1.29, 1.82) is 5.26 Å². The Kier molecular flexibility index (Phi) is 10.2. The maximum absolute atomic E-state index is 10.3. The van der Waals surface area contributed by atoms with Gasteiger partial charge in [-0.15, -0.1) is 0 Å². The van der Waals surface area contributed by atoms with Gasteiger partial charge >= 0.3 is 0 Å². The summed E-state index contributed by atoms with van der Waals surface area (Å²) in [6.07, 6.45) is 3.21. The van der Waals surface area contributed by atoms with Gasteiger partial charge in [-0.05, 0) is 12.2 Å². The zero-order valence-electron chi connectivity index (χ0n) is 7.12. The molecule has 0 unspecified atom stereocenters. The van der Waals surface area contributed by atoms with Crippen molar-refractivity contribution in [3.63, 3.8) is 0 Å². The van der Waals surface area contributed by atoms with E-state index < -0.39 is 11.8 Å². The first-order chi connectivity index (χ1) is 6.12. The summed E-state index contributed by atoms with van der Waals surface area (Å²) in [4.78, 5) is 20.6. The van der Waals surface area contributed by atoms with E-state index in [1.54, 1.807) is 6.07 Å². The van der Waals surface area contributed by atoms with E-state index in [-0.39, 0.29) is 0 Å². The highest BCUT2D eigenvalue weighted by Gasteiger charge is 1.96. The lowest BCUT2D eigenvalue weighted by Crippen LogP contribution is -2.26. The molecule has 0 aliphatic rings. The third-order valence-electron chi connectivity index (χ3n) is 0.708. The minimum atomic E-state index is -0.514. The smallest absolute Gasteiger partial charge is 0.250 e. The van der Waals surface area contributed by atoms with Crippen LogP contribution in [0, 0.1) is 11.3 Å². The van der Waals surface area contributed by atoms with Gasteiger partial charge in [-0.2, -0.15) is 5.26 Å². The largest absolute Gasteiger partial charge is 0.289 e. The van der Waals surface area contributed by atoms with Crippen molar-refractivity contribution in [3.8, 4) is 6.07 Å². The number of nitrogens with one attached hydrogen (secondary N) is 1. The minimum Gasteiger partial charge on any atom is -0.289 e. The number of hydrogen-bond donors (Lipinski definition) is 1. The van der Waals surface area contributed by atoms with E-state index in [0.29, 0.717) is 0 Å². The summed E-state index contributed by atoms with van der Waals surface area (Å²) in [5, 5.41) is 9.47. The molecule has 13 heavy (non-hydrogen) atoms. The van der Waals surface area contributed by atoms with Crippen molar-refractivity contribution in [2.75, 3.05) is 0 Å². The fourth-order valence-electron chi connectivity index (χ4n) is 0.223. The second kappa shape index (κ2) is 9.85. The topological polar surface area (TPSA) is 70.0 Å². The van der Waals surface area contributed by atoms with Crippen LogP contribution in [0.25, 0.3) is 0 Å². The molecule has 0 aromatic heterocycles. The van der Waals surface area contributed by atoms with Crippen molar-refractivity contribution in [2.24, 2.45) is 0 Å². The zero-order valence-corrected chi connectivity index (χ0v) is 7.12. The van der Waals surface area contributed by atoms with Gasteiger partial charge in [0.25, 0.3) is 0 Å². The molecule has 68 valence electrons. The molecular formula is C9H10N2O2. The number of amides is 2. The molecule has 0 aromatic rings. The summed E-state index contributed by atoms with van der Waals surface area (Å²) in [7, 11) is 0. The van der Waals surface area contributed by atoms with Gasteiger partial charge in [-0.1, -0.05) is 19.7 Å². The molecule has 0 saturated carbocycles. The van der Waals surface area contributed by atoms with E-state index in [1.807, 2.05) is 5.32 Å². The van der Waals surface area contributed by atoms with Crippen LogP contribution in [0.2, 0.25) is 0 Å². The maximum atomic E-state index is 10.3. The molecule has 4 heteroatoms. The average molecular weight is 178 g/mol. The van der Waals surface area contributed by atoms with E-state index in [9.17, 15) is 9.59 Å². The number of allylic oxidation sites excluding steroid dienone is 1. The molecule has 0 aliphatic heterocycles. The Morgan fingerprint density at radius 1 is 1.15 bits per heavy atom. The van der Waals surface area contributed by atoms with Crippen LogP contribution in [0.4, 0.5) is 0 Å². The standard InChI is InChI=1S/C6H7NO2.C3H3N/c1-3-5(8)7-6(9)4-2;1-2-3-4/h3-4H,1-2H2,(H,7,8,9);2H,1H2. The molecule has 0 rings (SSSR count).